The average Bonchev–Trinajstić information content (AvgIpc) is 3.55. The second kappa shape index (κ2) is 13.3. The van der Waals surface area contributed by atoms with Crippen LogP contribution in [-0.4, -0.2) is 91.5 Å². The third kappa shape index (κ3) is 6.39. The molecule has 5 fully saturated rings. The van der Waals surface area contributed by atoms with E-state index in [9.17, 15) is 24.6 Å². The fourth-order valence-corrected chi connectivity index (χ4v) is 9.76. The van der Waals surface area contributed by atoms with Crippen LogP contribution in [0.4, 0.5) is 0 Å². The number of halogens is 1. The number of methoxy groups -OCH3 is 1. The molecule has 4 bridgehead atoms. The van der Waals surface area contributed by atoms with Crippen molar-refractivity contribution in [1.82, 2.24) is 10.2 Å². The molecule has 11 heteroatoms. The fraction of sp³-hybridized carbons (Fsp3) is 0.667. The number of ether oxygens (including phenoxy) is 3. The summed E-state index contributed by atoms with van der Waals surface area (Å²) in [5, 5.41) is 24.1. The maximum Gasteiger partial charge on any atom is 0.247 e. The van der Waals surface area contributed by atoms with Crippen LogP contribution in [0.2, 0.25) is 0 Å². The van der Waals surface area contributed by atoms with Crippen molar-refractivity contribution in [2.75, 3.05) is 40.0 Å². The molecule has 1 aromatic carbocycles. The largest absolute Gasteiger partial charge is 0.493 e. The standard InChI is InChI=1S/C33H43IN2O8/c1-42-28-10-22(16-38)9-25(34)30(28)44-27-12-24(31(40)35-3-4-37)11-26(29(27)39)36(32(41)23-2-5-43-17-23)18-33-13-19-6-20(14-33)8-21(7-19)15-33/h9-10,12,16,19-21,23,26-27,29,37,39H,2-8,11,13-15,17-18H2,1H3,(H,35,40)/t19?,20?,21?,23?,26-,27+,29+,33?/m1/s1. The number of carbonyl (C=O) groups is 3. The summed E-state index contributed by atoms with van der Waals surface area (Å²) in [6.45, 7) is 1.33. The van der Waals surface area contributed by atoms with Gasteiger partial charge >= 0.3 is 0 Å². The van der Waals surface area contributed by atoms with Crippen molar-refractivity contribution in [2.24, 2.45) is 29.1 Å². The Kier molecular flexibility index (Phi) is 9.56. The molecule has 6 aliphatic rings. The summed E-state index contributed by atoms with van der Waals surface area (Å²) < 4.78 is 18.2. The molecular weight excluding hydrogens is 679 g/mol. The molecule has 1 aliphatic heterocycles. The highest BCUT2D eigenvalue weighted by atomic mass is 127. The predicted octanol–water partition coefficient (Wildman–Crippen LogP) is 3.11. The van der Waals surface area contributed by atoms with Gasteiger partial charge in [0.25, 0.3) is 0 Å². The quantitative estimate of drug-likeness (QED) is 0.235. The summed E-state index contributed by atoms with van der Waals surface area (Å²) in [5.74, 6) is 2.09. The first-order chi connectivity index (χ1) is 21.2. The molecule has 10 nitrogen and oxygen atoms in total. The van der Waals surface area contributed by atoms with Gasteiger partial charge in [-0.2, -0.15) is 0 Å². The van der Waals surface area contributed by atoms with Crippen LogP contribution >= 0.6 is 22.6 Å². The summed E-state index contributed by atoms with van der Waals surface area (Å²) in [4.78, 5) is 41.0. The number of aldehydes is 1. The van der Waals surface area contributed by atoms with Crippen molar-refractivity contribution >= 4 is 40.7 Å². The van der Waals surface area contributed by atoms with E-state index < -0.39 is 18.2 Å². The summed E-state index contributed by atoms with van der Waals surface area (Å²) in [6, 6.07) is 2.54. The van der Waals surface area contributed by atoms with Gasteiger partial charge in [-0.25, -0.2) is 0 Å². The SMILES string of the molecule is COc1cc(C=O)cc(I)c1O[C@H]1C=C(C(=O)NCCO)C[C@@H](N(CC23CC4CC(CC(C4)C2)C3)C(=O)C2CCOC2)[C@@H]1O. The second-order valence-electron chi connectivity index (χ2n) is 13.6. The topological polar surface area (TPSA) is 135 Å². The van der Waals surface area contributed by atoms with Crippen LogP contribution in [-0.2, 0) is 14.3 Å². The zero-order valence-corrected chi connectivity index (χ0v) is 27.4. The van der Waals surface area contributed by atoms with Gasteiger partial charge in [-0.15, -0.1) is 0 Å². The van der Waals surface area contributed by atoms with E-state index in [0.717, 1.165) is 25.5 Å². The van der Waals surface area contributed by atoms with Crippen molar-refractivity contribution in [3.05, 3.63) is 32.9 Å². The zero-order valence-electron chi connectivity index (χ0n) is 25.2. The molecule has 5 aliphatic carbocycles. The zero-order chi connectivity index (χ0) is 31.0. The first-order valence-corrected chi connectivity index (χ1v) is 17.0. The number of aliphatic hydroxyl groups is 2. The van der Waals surface area contributed by atoms with Crippen molar-refractivity contribution in [3.63, 3.8) is 0 Å². The van der Waals surface area contributed by atoms with E-state index in [-0.39, 0.29) is 42.7 Å². The Hall–Kier alpha value is -2.22. The fourth-order valence-electron chi connectivity index (χ4n) is 9.01. The number of amides is 2. The molecule has 3 N–H and O–H groups in total. The number of hydrogen-bond acceptors (Lipinski definition) is 8. The van der Waals surface area contributed by atoms with Gasteiger partial charge < -0.3 is 34.6 Å². The number of rotatable bonds is 11. The lowest BCUT2D eigenvalue weighted by atomic mass is 9.49. The predicted molar refractivity (Wildman–Crippen MR) is 169 cm³/mol. The Morgan fingerprint density at radius 3 is 2.48 bits per heavy atom. The average molecular weight is 723 g/mol. The van der Waals surface area contributed by atoms with Gasteiger partial charge in [0.15, 0.2) is 11.5 Å². The molecule has 0 radical (unpaired) electrons. The van der Waals surface area contributed by atoms with E-state index in [0.29, 0.717) is 70.1 Å². The lowest BCUT2D eigenvalue weighted by molar-refractivity contribution is -0.151. The molecule has 44 heavy (non-hydrogen) atoms. The number of nitrogens with one attached hydrogen (secondary N) is 1. The third-order valence-electron chi connectivity index (χ3n) is 10.5. The molecule has 1 aromatic rings. The van der Waals surface area contributed by atoms with Gasteiger partial charge in [0.05, 0.1) is 35.9 Å². The van der Waals surface area contributed by atoms with Crippen LogP contribution in [0.5, 0.6) is 11.5 Å². The van der Waals surface area contributed by atoms with Crippen molar-refractivity contribution in [2.45, 2.75) is 69.6 Å². The normalized spacial score (nSPS) is 33.9. The smallest absolute Gasteiger partial charge is 0.247 e. The lowest BCUT2D eigenvalue weighted by Gasteiger charge is -2.58. The molecule has 1 saturated heterocycles. The van der Waals surface area contributed by atoms with Crippen LogP contribution in [0.3, 0.4) is 0 Å². The summed E-state index contributed by atoms with van der Waals surface area (Å²) in [7, 11) is 1.48. The van der Waals surface area contributed by atoms with E-state index in [2.05, 4.69) is 27.9 Å². The van der Waals surface area contributed by atoms with E-state index in [1.54, 1.807) is 18.2 Å². The molecule has 4 atom stereocenters. The van der Waals surface area contributed by atoms with Crippen LogP contribution < -0.4 is 14.8 Å². The highest BCUT2D eigenvalue weighted by molar-refractivity contribution is 14.1. The molecule has 2 amide bonds. The van der Waals surface area contributed by atoms with E-state index in [4.69, 9.17) is 14.2 Å². The Morgan fingerprint density at radius 1 is 1.18 bits per heavy atom. The molecular formula is C33H43IN2O8. The Labute approximate surface area is 272 Å². The number of hydrogen-bond donors (Lipinski definition) is 3. The Balaban J connectivity index is 1.35. The van der Waals surface area contributed by atoms with Crippen LogP contribution in [0.25, 0.3) is 0 Å². The third-order valence-corrected chi connectivity index (χ3v) is 11.3. The van der Waals surface area contributed by atoms with E-state index >= 15 is 0 Å². The van der Waals surface area contributed by atoms with Crippen molar-refractivity contribution in [1.29, 1.82) is 0 Å². The maximum absolute atomic E-state index is 14.3. The van der Waals surface area contributed by atoms with Gasteiger partial charge in [0.1, 0.15) is 18.5 Å². The Bertz CT molecular complexity index is 1260. The summed E-state index contributed by atoms with van der Waals surface area (Å²) in [6.07, 6.45) is 8.20. The van der Waals surface area contributed by atoms with E-state index in [1.807, 2.05) is 4.90 Å². The van der Waals surface area contributed by atoms with Gasteiger partial charge in [-0.1, -0.05) is 0 Å². The number of aliphatic hydroxyl groups excluding tert-OH is 2. The summed E-state index contributed by atoms with van der Waals surface area (Å²) >= 11 is 2.06. The van der Waals surface area contributed by atoms with Crippen LogP contribution in [0.1, 0.15) is 61.7 Å². The van der Waals surface area contributed by atoms with E-state index in [1.165, 1.54) is 26.4 Å². The van der Waals surface area contributed by atoms with Crippen molar-refractivity contribution in [3.8, 4) is 11.5 Å². The van der Waals surface area contributed by atoms with Crippen molar-refractivity contribution < 1.29 is 38.8 Å². The van der Waals surface area contributed by atoms with Gasteiger partial charge in [0, 0.05) is 37.3 Å². The molecule has 1 unspecified atom stereocenters. The summed E-state index contributed by atoms with van der Waals surface area (Å²) in [5.41, 5.74) is 0.832. The van der Waals surface area contributed by atoms with Crippen LogP contribution in [0.15, 0.2) is 23.8 Å². The number of carbonyl (C=O) groups excluding carboxylic acids is 3. The number of benzene rings is 1. The van der Waals surface area contributed by atoms with Gasteiger partial charge in [-0.3, -0.25) is 14.4 Å². The highest BCUT2D eigenvalue weighted by Crippen LogP contribution is 2.60. The Morgan fingerprint density at radius 2 is 1.89 bits per heavy atom. The first-order valence-electron chi connectivity index (χ1n) is 15.9. The highest BCUT2D eigenvalue weighted by Gasteiger charge is 2.53. The maximum atomic E-state index is 14.3. The van der Waals surface area contributed by atoms with Gasteiger partial charge in [0.2, 0.25) is 11.8 Å². The molecule has 240 valence electrons. The molecule has 0 spiro atoms. The lowest BCUT2D eigenvalue weighted by Crippen LogP contribution is -2.60. The van der Waals surface area contributed by atoms with Crippen LogP contribution in [0, 0.1) is 32.7 Å². The molecule has 7 rings (SSSR count). The monoisotopic (exact) mass is 722 g/mol. The molecule has 0 aromatic heterocycles. The minimum Gasteiger partial charge on any atom is -0.493 e. The molecule has 4 saturated carbocycles. The first kappa shape index (κ1) is 31.7. The minimum absolute atomic E-state index is 0.0175. The number of nitrogens with zero attached hydrogens (tertiary/aromatic N) is 1. The molecule has 1 heterocycles. The van der Waals surface area contributed by atoms with Gasteiger partial charge in [-0.05, 0) is 109 Å². The minimum atomic E-state index is -1.13. The second-order valence-corrected chi connectivity index (χ2v) is 14.8.